The van der Waals surface area contributed by atoms with Crippen LogP contribution in [0.2, 0.25) is 0 Å². The number of amides is 2. The predicted octanol–water partition coefficient (Wildman–Crippen LogP) is 4.63. The maximum absolute atomic E-state index is 12.6. The summed E-state index contributed by atoms with van der Waals surface area (Å²) < 4.78 is 5.24. The molecule has 5 nitrogen and oxygen atoms in total. The smallest absolute Gasteiger partial charge is 0.289 e. The highest BCUT2D eigenvalue weighted by Gasteiger charge is 2.24. The molecule has 5 heteroatoms. The molecule has 0 bridgehead atoms. The number of carbonyl (C=O) groups excluding carboxylic acids is 2. The van der Waals surface area contributed by atoms with Gasteiger partial charge in [-0.3, -0.25) is 9.59 Å². The molecule has 2 amide bonds. The normalized spacial score (nSPS) is 13.5. The average molecular weight is 368 g/mol. The molecule has 0 atom stereocenters. The zero-order chi connectivity index (χ0) is 19.2. The van der Waals surface area contributed by atoms with E-state index in [-0.39, 0.29) is 17.7 Å². The summed E-state index contributed by atoms with van der Waals surface area (Å²) >= 11 is 0. The fourth-order valence-corrected chi connectivity index (χ4v) is 3.71. The van der Waals surface area contributed by atoms with Crippen molar-refractivity contribution in [2.24, 2.45) is 5.92 Å². The van der Waals surface area contributed by atoms with Crippen LogP contribution in [-0.2, 0) is 17.8 Å². The lowest BCUT2D eigenvalue weighted by Gasteiger charge is -2.28. The lowest BCUT2D eigenvalue weighted by molar-refractivity contribution is -0.120. The van der Waals surface area contributed by atoms with Crippen LogP contribution in [0.15, 0.2) is 41.0 Å². The first-order valence-corrected chi connectivity index (χ1v) is 9.87. The largest absolute Gasteiger partial charge is 0.459 e. The van der Waals surface area contributed by atoms with Crippen LogP contribution in [0.25, 0.3) is 0 Å². The van der Waals surface area contributed by atoms with E-state index in [0.717, 1.165) is 43.4 Å². The van der Waals surface area contributed by atoms with E-state index in [1.54, 1.807) is 17.0 Å². The van der Waals surface area contributed by atoms with E-state index in [1.807, 2.05) is 12.1 Å². The number of nitrogens with zero attached hydrogens (tertiary/aromatic N) is 1. The summed E-state index contributed by atoms with van der Waals surface area (Å²) in [5.41, 5.74) is 3.12. The van der Waals surface area contributed by atoms with E-state index in [4.69, 9.17) is 4.42 Å². The quantitative estimate of drug-likeness (QED) is 0.775. The summed E-state index contributed by atoms with van der Waals surface area (Å²) in [6.45, 7) is 5.43. The third-order valence-corrected chi connectivity index (χ3v) is 5.15. The zero-order valence-corrected chi connectivity index (χ0v) is 16.2. The second-order valence-electron chi connectivity index (χ2n) is 7.20. The summed E-state index contributed by atoms with van der Waals surface area (Å²) in [5.74, 6) is 0.432. The molecule has 1 aliphatic rings. The average Bonchev–Trinajstić information content (AvgIpc) is 3.21. The van der Waals surface area contributed by atoms with Gasteiger partial charge in [0.25, 0.3) is 5.91 Å². The Morgan fingerprint density at radius 1 is 1.15 bits per heavy atom. The van der Waals surface area contributed by atoms with Gasteiger partial charge in [-0.1, -0.05) is 32.8 Å². The molecular weight excluding hydrogens is 340 g/mol. The van der Waals surface area contributed by atoms with Gasteiger partial charge in [-0.15, -0.1) is 0 Å². The van der Waals surface area contributed by atoms with Crippen LogP contribution in [0, 0.1) is 5.92 Å². The van der Waals surface area contributed by atoms with Gasteiger partial charge >= 0.3 is 0 Å². The molecule has 0 spiro atoms. The number of carbonyl (C=O) groups is 2. The molecule has 2 heterocycles. The fourth-order valence-electron chi connectivity index (χ4n) is 3.71. The number of hydrogen-bond acceptors (Lipinski definition) is 3. The van der Waals surface area contributed by atoms with Gasteiger partial charge in [0.2, 0.25) is 5.91 Å². The number of nitrogens with one attached hydrogen (secondary N) is 1. The van der Waals surface area contributed by atoms with E-state index >= 15 is 0 Å². The maximum atomic E-state index is 12.6. The molecule has 1 N–H and O–H groups in total. The van der Waals surface area contributed by atoms with Gasteiger partial charge in [0.05, 0.1) is 6.26 Å². The molecule has 2 aromatic rings. The summed E-state index contributed by atoms with van der Waals surface area (Å²) in [6, 6.07) is 9.45. The zero-order valence-electron chi connectivity index (χ0n) is 16.2. The fraction of sp³-hybridized carbons (Fsp3) is 0.455. The molecule has 1 aromatic carbocycles. The Labute approximate surface area is 160 Å². The minimum absolute atomic E-state index is 0.0630. The van der Waals surface area contributed by atoms with Crippen LogP contribution in [-0.4, -0.2) is 23.3 Å². The molecule has 1 aromatic heterocycles. The molecular formula is C22H28N2O3. The molecule has 27 heavy (non-hydrogen) atoms. The molecule has 144 valence electrons. The highest BCUT2D eigenvalue weighted by atomic mass is 16.3. The van der Waals surface area contributed by atoms with Crippen LogP contribution in [0.3, 0.4) is 0 Å². The van der Waals surface area contributed by atoms with E-state index in [2.05, 4.69) is 25.2 Å². The van der Waals surface area contributed by atoms with Crippen LogP contribution in [0.1, 0.15) is 61.2 Å². The van der Waals surface area contributed by atoms with Crippen molar-refractivity contribution in [3.8, 4) is 0 Å². The van der Waals surface area contributed by atoms with Crippen LogP contribution in [0.5, 0.6) is 0 Å². The van der Waals surface area contributed by atoms with Crippen molar-refractivity contribution in [1.82, 2.24) is 4.90 Å². The number of fused-ring (bicyclic) bond motifs is 1. The second-order valence-corrected chi connectivity index (χ2v) is 7.20. The van der Waals surface area contributed by atoms with Gasteiger partial charge in [-0.2, -0.15) is 0 Å². The summed E-state index contributed by atoms with van der Waals surface area (Å²) in [4.78, 5) is 26.9. The Kier molecular flexibility index (Phi) is 6.32. The van der Waals surface area contributed by atoms with Crippen molar-refractivity contribution in [1.29, 1.82) is 0 Å². The van der Waals surface area contributed by atoms with Crippen LogP contribution < -0.4 is 5.32 Å². The number of furan rings is 1. The lowest BCUT2D eigenvalue weighted by Crippen LogP contribution is -2.35. The standard InChI is InChI=1S/C22H28N2O3/c1-3-6-17(7-4-2)21(25)23-19-10-9-16-11-12-24(15-18(16)14-19)22(26)20-8-5-13-27-20/h5,8-10,13-14,17H,3-4,6-7,11-12,15H2,1-2H3,(H,23,25). The minimum atomic E-state index is -0.0916. The molecule has 3 rings (SSSR count). The highest BCUT2D eigenvalue weighted by molar-refractivity contribution is 5.93. The maximum Gasteiger partial charge on any atom is 0.289 e. The van der Waals surface area contributed by atoms with Crippen molar-refractivity contribution < 1.29 is 14.0 Å². The summed E-state index contributed by atoms with van der Waals surface area (Å²) in [5, 5.41) is 3.07. The number of hydrogen-bond donors (Lipinski definition) is 1. The van der Waals surface area contributed by atoms with Gasteiger partial charge in [-0.05, 0) is 54.7 Å². The van der Waals surface area contributed by atoms with Crippen molar-refractivity contribution in [3.63, 3.8) is 0 Å². The van der Waals surface area contributed by atoms with Crippen molar-refractivity contribution in [2.45, 2.75) is 52.5 Å². The van der Waals surface area contributed by atoms with Gasteiger partial charge in [0, 0.05) is 24.7 Å². The molecule has 1 aliphatic heterocycles. The van der Waals surface area contributed by atoms with Gasteiger partial charge < -0.3 is 14.6 Å². The van der Waals surface area contributed by atoms with Crippen molar-refractivity contribution in [2.75, 3.05) is 11.9 Å². The van der Waals surface area contributed by atoms with E-state index in [1.165, 1.54) is 11.8 Å². The third kappa shape index (κ3) is 4.59. The van der Waals surface area contributed by atoms with Crippen LogP contribution in [0.4, 0.5) is 5.69 Å². The topological polar surface area (TPSA) is 62.6 Å². The molecule has 0 saturated carbocycles. The number of anilines is 1. The molecule has 0 radical (unpaired) electrons. The van der Waals surface area contributed by atoms with Gasteiger partial charge in [0.1, 0.15) is 0 Å². The third-order valence-electron chi connectivity index (χ3n) is 5.15. The minimum Gasteiger partial charge on any atom is -0.459 e. The monoisotopic (exact) mass is 368 g/mol. The number of rotatable bonds is 7. The molecule has 0 aliphatic carbocycles. The molecule has 0 saturated heterocycles. The highest BCUT2D eigenvalue weighted by Crippen LogP contribution is 2.25. The predicted molar refractivity (Wildman–Crippen MR) is 106 cm³/mol. The summed E-state index contributed by atoms with van der Waals surface area (Å²) in [6.07, 6.45) is 6.16. The molecule has 0 unspecified atom stereocenters. The summed E-state index contributed by atoms with van der Waals surface area (Å²) in [7, 11) is 0. The lowest BCUT2D eigenvalue weighted by atomic mass is 9.96. The van der Waals surface area contributed by atoms with E-state index in [0.29, 0.717) is 18.8 Å². The van der Waals surface area contributed by atoms with E-state index < -0.39 is 0 Å². The molecule has 0 fully saturated rings. The van der Waals surface area contributed by atoms with Crippen molar-refractivity contribution >= 4 is 17.5 Å². The first kappa shape index (κ1) is 19.2. The Hall–Kier alpha value is -2.56. The Bertz CT molecular complexity index is 777. The first-order valence-electron chi connectivity index (χ1n) is 9.87. The Morgan fingerprint density at radius 3 is 2.59 bits per heavy atom. The van der Waals surface area contributed by atoms with E-state index in [9.17, 15) is 9.59 Å². The van der Waals surface area contributed by atoms with Gasteiger partial charge in [0.15, 0.2) is 5.76 Å². The van der Waals surface area contributed by atoms with Crippen molar-refractivity contribution in [3.05, 3.63) is 53.5 Å². The van der Waals surface area contributed by atoms with Crippen LogP contribution >= 0.6 is 0 Å². The first-order chi connectivity index (χ1) is 13.1. The van der Waals surface area contributed by atoms with Gasteiger partial charge in [-0.25, -0.2) is 0 Å². The SMILES string of the molecule is CCCC(CCC)C(=O)Nc1ccc2c(c1)CN(C(=O)c1ccco1)CC2. The Morgan fingerprint density at radius 2 is 1.93 bits per heavy atom. The number of benzene rings is 1. The Balaban J connectivity index is 1.70. The second kappa shape index (κ2) is 8.89.